The molecule has 0 bridgehead atoms. The molecule has 2 aromatic heterocycles. The number of hydrogen-bond donors (Lipinski definition) is 2. The van der Waals surface area contributed by atoms with E-state index in [-0.39, 0.29) is 24.0 Å². The van der Waals surface area contributed by atoms with Crippen LogP contribution >= 0.6 is 0 Å². The number of methoxy groups -OCH3 is 2. The number of aromatic nitrogens is 3. The van der Waals surface area contributed by atoms with Crippen LogP contribution in [-0.4, -0.2) is 47.7 Å². The number of nitrogens with zero attached hydrogens (tertiary/aromatic N) is 2. The number of aromatic amines is 1. The summed E-state index contributed by atoms with van der Waals surface area (Å²) in [5, 5.41) is 7.69. The van der Waals surface area contributed by atoms with E-state index in [1.807, 2.05) is 6.07 Å². The molecule has 1 aromatic carbocycles. The molecular weight excluding hydrogens is 327 g/mol. The highest BCUT2D eigenvalue weighted by Crippen LogP contribution is 2.25. The molecule has 0 aliphatic rings. The largest absolute Gasteiger partial charge is 0.354 e. The van der Waals surface area contributed by atoms with Gasteiger partial charge in [0.15, 0.2) is 12.0 Å². The first-order chi connectivity index (χ1) is 12.0. The molecule has 8 heteroatoms. The molecule has 132 valence electrons. The van der Waals surface area contributed by atoms with Crippen LogP contribution in [0.15, 0.2) is 30.3 Å². The zero-order valence-electron chi connectivity index (χ0n) is 14.2. The van der Waals surface area contributed by atoms with E-state index in [2.05, 4.69) is 15.4 Å². The Labute approximate surface area is 143 Å². The number of halogens is 1. The molecule has 7 nitrogen and oxygen atoms in total. The predicted octanol–water partition coefficient (Wildman–Crippen LogP) is 2.06. The standard InChI is InChI=1S/C17H19FN4O3/c1-22-15(13-7-10-6-11(18)4-5-12(10)20-13)8-14(21-22)17(23)19-9-16(24-2)25-3/h4-8,16,20H,9H2,1-3H3,(H,19,23). The van der Waals surface area contributed by atoms with Gasteiger partial charge in [-0.05, 0) is 30.3 Å². The average molecular weight is 346 g/mol. The van der Waals surface area contributed by atoms with Crippen LogP contribution < -0.4 is 5.32 Å². The molecule has 0 atom stereocenters. The number of rotatable bonds is 6. The lowest BCUT2D eigenvalue weighted by molar-refractivity contribution is -0.0974. The minimum atomic E-state index is -0.518. The van der Waals surface area contributed by atoms with Crippen LogP contribution in [0, 0.1) is 5.82 Å². The van der Waals surface area contributed by atoms with Crippen LogP contribution in [0.1, 0.15) is 10.5 Å². The summed E-state index contributed by atoms with van der Waals surface area (Å²) in [7, 11) is 4.74. The summed E-state index contributed by atoms with van der Waals surface area (Å²) in [5.74, 6) is -0.628. The zero-order chi connectivity index (χ0) is 18.0. The van der Waals surface area contributed by atoms with Crippen LogP contribution in [-0.2, 0) is 16.5 Å². The smallest absolute Gasteiger partial charge is 0.271 e. The van der Waals surface area contributed by atoms with Gasteiger partial charge < -0.3 is 19.8 Å². The van der Waals surface area contributed by atoms with E-state index >= 15 is 0 Å². The number of aryl methyl sites for hydroxylation is 1. The van der Waals surface area contributed by atoms with E-state index in [4.69, 9.17) is 9.47 Å². The minimum absolute atomic E-state index is 0.212. The highest BCUT2D eigenvalue weighted by Gasteiger charge is 2.16. The Bertz CT molecular complexity index is 899. The summed E-state index contributed by atoms with van der Waals surface area (Å²) in [6, 6.07) is 8.02. The van der Waals surface area contributed by atoms with Gasteiger partial charge >= 0.3 is 0 Å². The second-order valence-electron chi connectivity index (χ2n) is 5.56. The van der Waals surface area contributed by atoms with Gasteiger partial charge in [-0.2, -0.15) is 5.10 Å². The lowest BCUT2D eigenvalue weighted by Gasteiger charge is -2.13. The maximum atomic E-state index is 13.3. The van der Waals surface area contributed by atoms with E-state index in [9.17, 15) is 9.18 Å². The number of carbonyl (C=O) groups is 1. The Morgan fingerprint density at radius 1 is 1.32 bits per heavy atom. The molecule has 0 aliphatic heterocycles. The van der Waals surface area contributed by atoms with Crippen molar-refractivity contribution in [3.05, 3.63) is 41.8 Å². The van der Waals surface area contributed by atoms with Gasteiger partial charge in [-0.15, -0.1) is 0 Å². The number of benzene rings is 1. The summed E-state index contributed by atoms with van der Waals surface area (Å²) >= 11 is 0. The van der Waals surface area contributed by atoms with Gasteiger partial charge in [0.1, 0.15) is 5.82 Å². The van der Waals surface area contributed by atoms with Gasteiger partial charge in [0.05, 0.1) is 17.9 Å². The number of ether oxygens (including phenoxy) is 2. The van der Waals surface area contributed by atoms with Crippen molar-refractivity contribution < 1.29 is 18.7 Å². The molecular formula is C17H19FN4O3. The fourth-order valence-corrected chi connectivity index (χ4v) is 2.60. The number of hydrogen-bond acceptors (Lipinski definition) is 4. The normalized spacial score (nSPS) is 11.4. The van der Waals surface area contributed by atoms with Crippen LogP contribution in [0.3, 0.4) is 0 Å². The first-order valence-electron chi connectivity index (χ1n) is 7.68. The monoisotopic (exact) mass is 346 g/mol. The molecule has 2 N–H and O–H groups in total. The molecule has 0 saturated heterocycles. The zero-order valence-corrected chi connectivity index (χ0v) is 14.2. The second kappa shape index (κ2) is 7.04. The maximum Gasteiger partial charge on any atom is 0.271 e. The predicted molar refractivity (Wildman–Crippen MR) is 90.6 cm³/mol. The van der Waals surface area contributed by atoms with Crippen molar-refractivity contribution in [2.24, 2.45) is 7.05 Å². The molecule has 2 heterocycles. The first-order valence-corrected chi connectivity index (χ1v) is 7.68. The molecule has 3 rings (SSSR count). The summed E-state index contributed by atoms with van der Waals surface area (Å²) in [6.07, 6.45) is -0.518. The number of H-pyrrole nitrogens is 1. The molecule has 3 aromatic rings. The van der Waals surface area contributed by atoms with Gasteiger partial charge in [-0.3, -0.25) is 9.48 Å². The SMILES string of the molecule is COC(CNC(=O)c1cc(-c2cc3cc(F)ccc3[nH]2)n(C)n1)OC. The molecule has 1 amide bonds. The van der Waals surface area contributed by atoms with Crippen molar-refractivity contribution in [2.75, 3.05) is 20.8 Å². The van der Waals surface area contributed by atoms with Crippen molar-refractivity contribution in [1.29, 1.82) is 0 Å². The van der Waals surface area contributed by atoms with Gasteiger partial charge in [0, 0.05) is 32.2 Å². The van der Waals surface area contributed by atoms with Crippen LogP contribution in [0.4, 0.5) is 4.39 Å². The lowest BCUT2D eigenvalue weighted by atomic mass is 10.2. The van der Waals surface area contributed by atoms with Gasteiger partial charge in [-0.25, -0.2) is 4.39 Å². The fraction of sp³-hybridized carbons (Fsp3) is 0.294. The third-order valence-corrected chi connectivity index (χ3v) is 3.93. The Morgan fingerprint density at radius 2 is 2.08 bits per heavy atom. The highest BCUT2D eigenvalue weighted by atomic mass is 19.1. The van der Waals surface area contributed by atoms with Gasteiger partial charge in [-0.1, -0.05) is 0 Å². The number of nitrogens with one attached hydrogen (secondary N) is 2. The summed E-state index contributed by atoms with van der Waals surface area (Å²) in [4.78, 5) is 15.4. The topological polar surface area (TPSA) is 81.2 Å². The van der Waals surface area contributed by atoms with Crippen molar-refractivity contribution >= 4 is 16.8 Å². The molecule has 0 saturated carbocycles. The Hall–Kier alpha value is -2.71. The molecule has 0 spiro atoms. The molecule has 0 aliphatic carbocycles. The lowest BCUT2D eigenvalue weighted by Crippen LogP contribution is -2.34. The van der Waals surface area contributed by atoms with Crippen molar-refractivity contribution in [3.63, 3.8) is 0 Å². The molecule has 25 heavy (non-hydrogen) atoms. The van der Waals surface area contributed by atoms with E-state index in [0.29, 0.717) is 0 Å². The van der Waals surface area contributed by atoms with Gasteiger partial charge in [0.2, 0.25) is 0 Å². The summed E-state index contributed by atoms with van der Waals surface area (Å²) < 4.78 is 25.0. The number of carbonyl (C=O) groups excluding carboxylic acids is 1. The van der Waals surface area contributed by atoms with Crippen molar-refractivity contribution in [1.82, 2.24) is 20.1 Å². The van der Waals surface area contributed by atoms with E-state index in [0.717, 1.165) is 22.3 Å². The first kappa shape index (κ1) is 17.1. The summed E-state index contributed by atoms with van der Waals surface area (Å²) in [5.41, 5.74) is 2.55. The van der Waals surface area contributed by atoms with Crippen molar-refractivity contribution in [3.8, 4) is 11.4 Å². The van der Waals surface area contributed by atoms with Crippen LogP contribution in [0.5, 0.6) is 0 Å². The molecule has 0 fully saturated rings. The number of fused-ring (bicyclic) bond motifs is 1. The molecule has 0 radical (unpaired) electrons. The Morgan fingerprint density at radius 3 is 2.80 bits per heavy atom. The average Bonchev–Trinajstić information content (AvgIpc) is 3.18. The Kier molecular flexibility index (Phi) is 4.82. The van der Waals surface area contributed by atoms with Gasteiger partial charge in [0.25, 0.3) is 5.91 Å². The third kappa shape index (κ3) is 3.54. The highest BCUT2D eigenvalue weighted by molar-refractivity contribution is 5.94. The van der Waals surface area contributed by atoms with Crippen molar-refractivity contribution in [2.45, 2.75) is 6.29 Å². The maximum absolute atomic E-state index is 13.3. The van der Waals surface area contributed by atoms with Crippen LogP contribution in [0.2, 0.25) is 0 Å². The number of amides is 1. The third-order valence-electron chi connectivity index (χ3n) is 3.93. The Balaban J connectivity index is 1.82. The second-order valence-corrected chi connectivity index (χ2v) is 5.56. The molecule has 0 unspecified atom stereocenters. The van der Waals surface area contributed by atoms with E-state index < -0.39 is 6.29 Å². The quantitative estimate of drug-likeness (QED) is 0.670. The summed E-state index contributed by atoms with van der Waals surface area (Å²) in [6.45, 7) is 0.212. The van der Waals surface area contributed by atoms with E-state index in [1.165, 1.54) is 26.4 Å². The van der Waals surface area contributed by atoms with Crippen LogP contribution in [0.25, 0.3) is 22.3 Å². The fourth-order valence-electron chi connectivity index (χ4n) is 2.60. The minimum Gasteiger partial charge on any atom is -0.354 e. The van der Waals surface area contributed by atoms with E-state index in [1.54, 1.807) is 23.9 Å².